The van der Waals surface area contributed by atoms with Crippen LogP contribution < -0.4 is 23.8 Å². The summed E-state index contributed by atoms with van der Waals surface area (Å²) in [5.74, 6) is 1.35. The molecule has 32 heavy (non-hydrogen) atoms. The van der Waals surface area contributed by atoms with E-state index < -0.39 is 10.0 Å². The zero-order valence-electron chi connectivity index (χ0n) is 17.9. The molecule has 1 amide bonds. The van der Waals surface area contributed by atoms with Crippen LogP contribution >= 0.6 is 0 Å². The van der Waals surface area contributed by atoms with E-state index in [0.29, 0.717) is 28.6 Å². The normalized spacial score (nSPS) is 10.8. The number of benzene rings is 3. The number of sulfonamides is 1. The van der Waals surface area contributed by atoms with Crippen LogP contribution in [0.25, 0.3) is 0 Å². The van der Waals surface area contributed by atoms with Crippen molar-refractivity contribution in [2.45, 2.75) is 4.90 Å². The maximum atomic E-state index is 12.6. The Morgan fingerprint density at radius 1 is 0.875 bits per heavy atom. The van der Waals surface area contributed by atoms with Crippen molar-refractivity contribution in [3.05, 3.63) is 72.8 Å². The second-order valence-corrected chi connectivity index (χ2v) is 8.43. The zero-order valence-corrected chi connectivity index (χ0v) is 18.8. The van der Waals surface area contributed by atoms with Crippen molar-refractivity contribution in [1.82, 2.24) is 0 Å². The van der Waals surface area contributed by atoms with Crippen LogP contribution in [0.1, 0.15) is 0 Å². The summed E-state index contributed by atoms with van der Waals surface area (Å²) in [6, 6.07) is 19.5. The van der Waals surface area contributed by atoms with E-state index >= 15 is 0 Å². The van der Waals surface area contributed by atoms with Gasteiger partial charge in [-0.1, -0.05) is 6.07 Å². The fourth-order valence-corrected chi connectivity index (χ4v) is 3.86. The molecule has 3 aromatic carbocycles. The highest BCUT2D eigenvalue weighted by Crippen LogP contribution is 2.23. The van der Waals surface area contributed by atoms with Crippen molar-refractivity contribution in [3.8, 4) is 17.2 Å². The van der Waals surface area contributed by atoms with E-state index in [1.54, 1.807) is 62.7 Å². The van der Waals surface area contributed by atoms with Gasteiger partial charge in [0.2, 0.25) is 0 Å². The van der Waals surface area contributed by atoms with Gasteiger partial charge in [-0.15, -0.1) is 0 Å². The average molecular weight is 457 g/mol. The minimum absolute atomic E-state index is 0.0642. The molecule has 0 aliphatic carbocycles. The first kappa shape index (κ1) is 23.0. The van der Waals surface area contributed by atoms with Gasteiger partial charge in [0.25, 0.3) is 15.9 Å². The van der Waals surface area contributed by atoms with E-state index in [2.05, 4.69) is 4.72 Å². The lowest BCUT2D eigenvalue weighted by Gasteiger charge is -2.18. The van der Waals surface area contributed by atoms with Crippen molar-refractivity contribution in [2.24, 2.45) is 0 Å². The third-order valence-corrected chi connectivity index (χ3v) is 6.05. The number of nitrogens with one attached hydrogen (secondary N) is 1. The smallest absolute Gasteiger partial charge is 0.264 e. The van der Waals surface area contributed by atoms with Gasteiger partial charge < -0.3 is 19.1 Å². The van der Waals surface area contributed by atoms with E-state index in [0.717, 1.165) is 0 Å². The van der Waals surface area contributed by atoms with Crippen LogP contribution in [0.5, 0.6) is 17.2 Å². The molecule has 0 saturated heterocycles. The molecule has 0 fully saturated rings. The number of ether oxygens (including phenoxy) is 3. The number of methoxy groups -OCH3 is 2. The molecule has 8 nitrogen and oxygen atoms in total. The number of hydrogen-bond donors (Lipinski definition) is 1. The van der Waals surface area contributed by atoms with Crippen molar-refractivity contribution >= 4 is 27.3 Å². The highest BCUT2D eigenvalue weighted by molar-refractivity contribution is 7.92. The topological polar surface area (TPSA) is 94.2 Å². The van der Waals surface area contributed by atoms with E-state index in [9.17, 15) is 13.2 Å². The molecule has 0 aromatic heterocycles. The van der Waals surface area contributed by atoms with E-state index in [1.807, 2.05) is 0 Å². The number of rotatable bonds is 9. The Labute approximate surface area is 187 Å². The molecule has 0 aliphatic heterocycles. The minimum Gasteiger partial charge on any atom is -0.497 e. The third kappa shape index (κ3) is 5.70. The minimum atomic E-state index is -3.79. The number of anilines is 2. The lowest BCUT2D eigenvalue weighted by Crippen LogP contribution is -2.31. The first-order chi connectivity index (χ1) is 15.3. The number of nitrogens with zero attached hydrogens (tertiary/aromatic N) is 1. The number of likely N-dealkylation sites (N-methyl/N-ethyl adjacent to an activating group) is 1. The van der Waals surface area contributed by atoms with Crippen LogP contribution in [0, 0.1) is 0 Å². The highest BCUT2D eigenvalue weighted by atomic mass is 32.2. The van der Waals surface area contributed by atoms with E-state index in [1.165, 1.54) is 36.3 Å². The lowest BCUT2D eigenvalue weighted by molar-refractivity contribution is -0.120. The van der Waals surface area contributed by atoms with Gasteiger partial charge in [-0.05, 0) is 60.7 Å². The summed E-state index contributed by atoms with van der Waals surface area (Å²) in [5, 5.41) is 0. The summed E-state index contributed by atoms with van der Waals surface area (Å²) in [6.45, 7) is -0.198. The Morgan fingerprint density at radius 3 is 2.12 bits per heavy atom. The monoisotopic (exact) mass is 456 g/mol. The molecule has 0 bridgehead atoms. The first-order valence-electron chi connectivity index (χ1n) is 9.63. The van der Waals surface area contributed by atoms with Gasteiger partial charge in [-0.25, -0.2) is 8.42 Å². The Morgan fingerprint density at radius 2 is 1.50 bits per heavy atom. The lowest BCUT2D eigenvalue weighted by atomic mass is 10.3. The predicted molar refractivity (Wildman–Crippen MR) is 122 cm³/mol. The summed E-state index contributed by atoms with van der Waals surface area (Å²) in [5.41, 5.74) is 1.08. The number of hydrogen-bond acceptors (Lipinski definition) is 6. The molecule has 1 N–H and O–H groups in total. The number of carbonyl (C=O) groups is 1. The molecule has 0 atom stereocenters. The molecule has 0 radical (unpaired) electrons. The van der Waals surface area contributed by atoms with Gasteiger partial charge in [0, 0.05) is 18.8 Å². The number of carbonyl (C=O) groups excluding carboxylic acids is 1. The zero-order chi connectivity index (χ0) is 23.1. The fourth-order valence-electron chi connectivity index (χ4n) is 2.81. The summed E-state index contributed by atoms with van der Waals surface area (Å²) < 4.78 is 43.5. The average Bonchev–Trinajstić information content (AvgIpc) is 2.82. The summed E-state index contributed by atoms with van der Waals surface area (Å²) in [4.78, 5) is 13.9. The van der Waals surface area contributed by atoms with Crippen LogP contribution in [0.3, 0.4) is 0 Å². The molecule has 0 unspecified atom stereocenters. The first-order valence-corrected chi connectivity index (χ1v) is 11.1. The predicted octanol–water partition coefficient (Wildman–Crippen LogP) is 3.55. The molecular weight excluding hydrogens is 432 g/mol. The molecule has 0 heterocycles. The van der Waals surface area contributed by atoms with Crippen molar-refractivity contribution in [1.29, 1.82) is 0 Å². The Balaban J connectivity index is 1.60. The quantitative estimate of drug-likeness (QED) is 0.529. The van der Waals surface area contributed by atoms with Crippen LogP contribution in [0.2, 0.25) is 0 Å². The molecular formula is C23H24N2O6S. The fraction of sp³-hybridized carbons (Fsp3) is 0.174. The van der Waals surface area contributed by atoms with Gasteiger partial charge >= 0.3 is 0 Å². The molecule has 0 spiro atoms. The standard InChI is InChI=1S/C23H24N2O6S/c1-25(18-7-9-19(29-2)10-8-18)23(26)16-31-20-11-13-22(14-12-20)32(27,28)24-17-5-4-6-21(15-17)30-3/h4-15,24H,16H2,1-3H3. The van der Waals surface area contributed by atoms with E-state index in [4.69, 9.17) is 14.2 Å². The Hall–Kier alpha value is -3.72. The second-order valence-electron chi connectivity index (χ2n) is 6.75. The second kappa shape index (κ2) is 10.1. The highest BCUT2D eigenvalue weighted by Gasteiger charge is 2.16. The SMILES string of the molecule is COc1ccc(N(C)C(=O)COc2ccc(S(=O)(=O)Nc3cccc(OC)c3)cc2)cc1. The summed E-state index contributed by atoms with van der Waals surface area (Å²) >= 11 is 0. The summed E-state index contributed by atoms with van der Waals surface area (Å²) in [6.07, 6.45) is 0. The van der Waals surface area contributed by atoms with Crippen molar-refractivity contribution in [2.75, 3.05) is 37.5 Å². The van der Waals surface area contributed by atoms with Crippen LogP contribution in [0.4, 0.5) is 11.4 Å². The Bertz CT molecular complexity index is 1160. The molecule has 9 heteroatoms. The molecule has 0 aliphatic rings. The van der Waals surface area contributed by atoms with Gasteiger partial charge in [0.15, 0.2) is 6.61 Å². The Kier molecular flexibility index (Phi) is 7.21. The summed E-state index contributed by atoms with van der Waals surface area (Å²) in [7, 11) is 0.936. The van der Waals surface area contributed by atoms with Gasteiger partial charge in [0.1, 0.15) is 17.2 Å². The third-order valence-electron chi connectivity index (χ3n) is 4.65. The molecule has 3 aromatic rings. The van der Waals surface area contributed by atoms with Crippen molar-refractivity contribution in [3.63, 3.8) is 0 Å². The van der Waals surface area contributed by atoms with Gasteiger partial charge in [-0.2, -0.15) is 0 Å². The van der Waals surface area contributed by atoms with Crippen LogP contribution in [0.15, 0.2) is 77.7 Å². The molecule has 0 saturated carbocycles. The van der Waals surface area contributed by atoms with E-state index in [-0.39, 0.29) is 17.4 Å². The molecule has 168 valence electrons. The molecule has 3 rings (SSSR count). The van der Waals surface area contributed by atoms with Crippen LogP contribution in [-0.2, 0) is 14.8 Å². The number of amides is 1. The maximum Gasteiger partial charge on any atom is 0.264 e. The maximum absolute atomic E-state index is 12.6. The van der Waals surface area contributed by atoms with Gasteiger partial charge in [-0.3, -0.25) is 9.52 Å². The largest absolute Gasteiger partial charge is 0.497 e. The van der Waals surface area contributed by atoms with Crippen molar-refractivity contribution < 1.29 is 27.4 Å². The van der Waals surface area contributed by atoms with Crippen LogP contribution in [-0.4, -0.2) is 42.2 Å². The van der Waals surface area contributed by atoms with Gasteiger partial charge in [0.05, 0.1) is 24.8 Å².